The van der Waals surface area contributed by atoms with Gasteiger partial charge in [0.1, 0.15) is 11.5 Å². The van der Waals surface area contributed by atoms with Gasteiger partial charge < -0.3 is 20.1 Å². The second-order valence-corrected chi connectivity index (χ2v) is 8.08. The number of benzene rings is 2. The molecule has 0 spiro atoms. The summed E-state index contributed by atoms with van der Waals surface area (Å²) in [6.45, 7) is 1.06. The first-order chi connectivity index (χ1) is 15.1. The number of methoxy groups -OCH3 is 2. The number of hydrogen-bond donors (Lipinski definition) is 2. The van der Waals surface area contributed by atoms with Crippen molar-refractivity contribution in [3.05, 3.63) is 53.6 Å². The van der Waals surface area contributed by atoms with Crippen molar-refractivity contribution in [3.8, 4) is 11.5 Å². The minimum absolute atomic E-state index is 0.0733. The largest absolute Gasteiger partial charge is 0.497 e. The highest BCUT2D eigenvalue weighted by molar-refractivity contribution is 6.04. The molecule has 2 N–H and O–H groups in total. The number of likely N-dealkylation sites (tertiary alicyclic amines) is 1. The highest BCUT2D eigenvalue weighted by Gasteiger charge is 2.30. The van der Waals surface area contributed by atoms with E-state index >= 15 is 0 Å². The number of hydrogen-bond acceptors (Lipinski definition) is 5. The van der Waals surface area contributed by atoms with E-state index in [1.54, 1.807) is 26.4 Å². The highest BCUT2D eigenvalue weighted by atomic mass is 16.5. The molecule has 1 saturated carbocycles. The summed E-state index contributed by atoms with van der Waals surface area (Å²) in [6.07, 6.45) is 3.98. The Labute approximate surface area is 182 Å². The molecule has 0 aromatic heterocycles. The van der Waals surface area contributed by atoms with E-state index in [4.69, 9.17) is 9.47 Å². The van der Waals surface area contributed by atoms with E-state index < -0.39 is 0 Å². The Bertz CT molecular complexity index is 958. The van der Waals surface area contributed by atoms with E-state index in [0.29, 0.717) is 11.3 Å². The van der Waals surface area contributed by atoms with Gasteiger partial charge in [0, 0.05) is 17.6 Å². The third kappa shape index (κ3) is 4.99. The fraction of sp³-hybridized carbons (Fsp3) is 0.417. The van der Waals surface area contributed by atoms with Gasteiger partial charge in [-0.05, 0) is 62.6 Å². The van der Waals surface area contributed by atoms with E-state index in [2.05, 4.69) is 15.5 Å². The molecule has 2 fully saturated rings. The van der Waals surface area contributed by atoms with Crippen LogP contribution in [0.4, 0.5) is 5.69 Å². The lowest BCUT2D eigenvalue weighted by atomic mass is 10.0. The van der Waals surface area contributed by atoms with Crippen molar-refractivity contribution in [3.63, 3.8) is 0 Å². The van der Waals surface area contributed by atoms with Gasteiger partial charge in [-0.25, -0.2) is 0 Å². The molecule has 4 rings (SSSR count). The molecule has 1 aliphatic heterocycles. The van der Waals surface area contributed by atoms with E-state index in [1.165, 1.54) is 0 Å². The molecule has 164 valence electrons. The maximum absolute atomic E-state index is 12.9. The van der Waals surface area contributed by atoms with Crippen molar-refractivity contribution in [2.75, 3.05) is 32.6 Å². The normalized spacial score (nSPS) is 18.5. The molecule has 7 heteroatoms. The number of rotatable bonds is 8. The molecule has 1 heterocycles. The molecule has 2 aromatic rings. The average Bonchev–Trinajstić information content (AvgIpc) is 3.48. The summed E-state index contributed by atoms with van der Waals surface area (Å²) < 4.78 is 10.9. The quantitative estimate of drug-likeness (QED) is 0.681. The van der Waals surface area contributed by atoms with Gasteiger partial charge in [-0.1, -0.05) is 12.1 Å². The van der Waals surface area contributed by atoms with E-state index in [-0.39, 0.29) is 30.4 Å². The van der Waals surface area contributed by atoms with Crippen LogP contribution in [0.15, 0.2) is 42.5 Å². The van der Waals surface area contributed by atoms with E-state index in [1.807, 2.05) is 30.3 Å². The number of carbonyl (C=O) groups excluding carboxylic acids is 2. The summed E-state index contributed by atoms with van der Waals surface area (Å²) in [5.74, 6) is 1.28. The van der Waals surface area contributed by atoms with Crippen LogP contribution in [0.5, 0.6) is 11.5 Å². The van der Waals surface area contributed by atoms with Crippen LogP contribution in [0.1, 0.15) is 47.6 Å². The SMILES string of the molecule is COc1ccc(OC)c(C2CCCN2CC(=O)Nc2ccccc2C(=O)NC2CC2)c1. The third-order valence-corrected chi connectivity index (χ3v) is 5.86. The highest BCUT2D eigenvalue weighted by Crippen LogP contribution is 2.38. The molecule has 1 atom stereocenters. The summed E-state index contributed by atoms with van der Waals surface area (Å²) in [6, 6.07) is 13.2. The zero-order valence-corrected chi connectivity index (χ0v) is 18.0. The first-order valence-corrected chi connectivity index (χ1v) is 10.7. The van der Waals surface area contributed by atoms with Crippen molar-refractivity contribution < 1.29 is 19.1 Å². The Balaban J connectivity index is 1.46. The molecule has 2 aromatic carbocycles. The van der Waals surface area contributed by atoms with Crippen LogP contribution in [-0.4, -0.2) is 50.1 Å². The first-order valence-electron chi connectivity index (χ1n) is 10.7. The van der Waals surface area contributed by atoms with Crippen LogP contribution >= 0.6 is 0 Å². The summed E-state index contributed by atoms with van der Waals surface area (Å²) in [7, 11) is 3.29. The van der Waals surface area contributed by atoms with Crippen LogP contribution in [0.2, 0.25) is 0 Å². The fourth-order valence-corrected chi connectivity index (χ4v) is 4.12. The summed E-state index contributed by atoms with van der Waals surface area (Å²) in [4.78, 5) is 27.6. The molecule has 7 nitrogen and oxygen atoms in total. The number of anilines is 1. The maximum atomic E-state index is 12.9. The fourth-order valence-electron chi connectivity index (χ4n) is 4.12. The van der Waals surface area contributed by atoms with Gasteiger partial charge in [0.15, 0.2) is 0 Å². The number of ether oxygens (including phenoxy) is 2. The van der Waals surface area contributed by atoms with Crippen molar-refractivity contribution in [1.82, 2.24) is 10.2 Å². The zero-order valence-electron chi connectivity index (χ0n) is 18.0. The van der Waals surface area contributed by atoms with Crippen molar-refractivity contribution in [2.24, 2.45) is 0 Å². The number of nitrogens with zero attached hydrogens (tertiary/aromatic N) is 1. The molecular formula is C24H29N3O4. The van der Waals surface area contributed by atoms with Gasteiger partial charge in [-0.15, -0.1) is 0 Å². The Kier molecular flexibility index (Phi) is 6.42. The Hall–Kier alpha value is -3.06. The minimum atomic E-state index is -0.140. The van der Waals surface area contributed by atoms with Crippen LogP contribution < -0.4 is 20.1 Å². The van der Waals surface area contributed by atoms with E-state index in [9.17, 15) is 9.59 Å². The van der Waals surface area contributed by atoms with Crippen molar-refractivity contribution in [1.29, 1.82) is 0 Å². The second-order valence-electron chi connectivity index (χ2n) is 8.08. The predicted octanol–water partition coefficient (Wildman–Crippen LogP) is 3.37. The lowest BCUT2D eigenvalue weighted by Gasteiger charge is -2.26. The third-order valence-electron chi connectivity index (χ3n) is 5.86. The van der Waals surface area contributed by atoms with Crippen LogP contribution in [0.3, 0.4) is 0 Å². The van der Waals surface area contributed by atoms with Crippen LogP contribution in [-0.2, 0) is 4.79 Å². The van der Waals surface area contributed by atoms with Crippen molar-refractivity contribution in [2.45, 2.75) is 37.8 Å². The molecule has 1 saturated heterocycles. The minimum Gasteiger partial charge on any atom is -0.497 e. The smallest absolute Gasteiger partial charge is 0.253 e. The first kappa shape index (κ1) is 21.2. The Morgan fingerprint density at radius 3 is 2.61 bits per heavy atom. The topological polar surface area (TPSA) is 79.9 Å². The second kappa shape index (κ2) is 9.39. The molecule has 0 radical (unpaired) electrons. The Morgan fingerprint density at radius 1 is 1.06 bits per heavy atom. The van der Waals surface area contributed by atoms with Gasteiger partial charge in [-0.2, -0.15) is 0 Å². The molecule has 0 bridgehead atoms. The van der Waals surface area contributed by atoms with Crippen LogP contribution in [0.25, 0.3) is 0 Å². The summed E-state index contributed by atoms with van der Waals surface area (Å²) >= 11 is 0. The van der Waals surface area contributed by atoms with Gasteiger partial charge in [0.05, 0.1) is 32.0 Å². The lowest BCUT2D eigenvalue weighted by Crippen LogP contribution is -2.34. The number of carbonyl (C=O) groups is 2. The monoisotopic (exact) mass is 423 g/mol. The zero-order chi connectivity index (χ0) is 21.8. The average molecular weight is 424 g/mol. The Morgan fingerprint density at radius 2 is 1.87 bits per heavy atom. The molecule has 31 heavy (non-hydrogen) atoms. The molecule has 2 amide bonds. The summed E-state index contributed by atoms with van der Waals surface area (Å²) in [5.41, 5.74) is 2.06. The number of para-hydroxylation sites is 1. The standard InChI is InChI=1S/C24H29N3O4/c1-30-17-11-12-22(31-2)19(14-17)21-8-5-13-27(21)15-23(28)26-20-7-4-3-6-18(20)24(29)25-16-9-10-16/h3-4,6-7,11-12,14,16,21H,5,8-10,13,15H2,1-2H3,(H,25,29)(H,26,28). The van der Waals surface area contributed by atoms with Crippen molar-refractivity contribution >= 4 is 17.5 Å². The predicted molar refractivity (Wildman–Crippen MR) is 119 cm³/mol. The van der Waals surface area contributed by atoms with Gasteiger partial charge in [0.2, 0.25) is 5.91 Å². The van der Waals surface area contributed by atoms with E-state index in [0.717, 1.165) is 49.3 Å². The molecule has 2 aliphatic rings. The number of amides is 2. The summed E-state index contributed by atoms with van der Waals surface area (Å²) in [5, 5.41) is 5.92. The van der Waals surface area contributed by atoms with Gasteiger partial charge in [0.25, 0.3) is 5.91 Å². The number of nitrogens with one attached hydrogen (secondary N) is 2. The van der Waals surface area contributed by atoms with Gasteiger partial charge >= 0.3 is 0 Å². The maximum Gasteiger partial charge on any atom is 0.253 e. The molecular weight excluding hydrogens is 394 g/mol. The van der Waals surface area contributed by atoms with Gasteiger partial charge in [-0.3, -0.25) is 14.5 Å². The molecule has 1 aliphatic carbocycles. The molecule has 1 unspecified atom stereocenters. The lowest BCUT2D eigenvalue weighted by molar-refractivity contribution is -0.117. The van der Waals surface area contributed by atoms with Crippen LogP contribution in [0, 0.1) is 0 Å².